The van der Waals surface area contributed by atoms with Gasteiger partial charge >= 0.3 is 5.97 Å². The maximum absolute atomic E-state index is 11.9. The van der Waals surface area contributed by atoms with Crippen LogP contribution >= 0.6 is 0 Å². The number of ether oxygens (including phenoxy) is 1. The van der Waals surface area contributed by atoms with Gasteiger partial charge < -0.3 is 15.2 Å². The largest absolute Gasteiger partial charge is 0.507 e. The lowest BCUT2D eigenvalue weighted by Crippen LogP contribution is -2.21. The first-order valence-electron chi connectivity index (χ1n) is 7.35. The first-order valence-corrected chi connectivity index (χ1v) is 7.35. The summed E-state index contributed by atoms with van der Waals surface area (Å²) in [4.78, 5) is 23.8. The molecule has 0 aliphatic carbocycles. The van der Waals surface area contributed by atoms with E-state index in [2.05, 4.69) is 5.32 Å². The molecule has 2 rings (SSSR count). The summed E-state index contributed by atoms with van der Waals surface area (Å²) < 4.78 is 4.94. The zero-order valence-corrected chi connectivity index (χ0v) is 13.1. The van der Waals surface area contributed by atoms with Crippen molar-refractivity contribution in [3.8, 4) is 5.75 Å². The van der Waals surface area contributed by atoms with Crippen LogP contribution in [0.4, 0.5) is 5.69 Å². The summed E-state index contributed by atoms with van der Waals surface area (Å²) in [5.74, 6) is -1.33. The van der Waals surface area contributed by atoms with Gasteiger partial charge in [0.2, 0.25) is 0 Å². The number of carbonyl (C=O) groups is 2. The van der Waals surface area contributed by atoms with Crippen molar-refractivity contribution in [2.75, 3.05) is 11.9 Å². The van der Waals surface area contributed by atoms with Gasteiger partial charge in [-0.2, -0.15) is 0 Å². The average Bonchev–Trinajstić information content (AvgIpc) is 2.55. The van der Waals surface area contributed by atoms with Crippen LogP contribution in [0, 0.1) is 6.92 Å². The molecule has 2 aromatic rings. The van der Waals surface area contributed by atoms with E-state index in [0.717, 1.165) is 17.5 Å². The molecule has 5 heteroatoms. The number of amides is 1. The van der Waals surface area contributed by atoms with E-state index in [1.807, 2.05) is 25.1 Å². The number of carbonyl (C=O) groups excluding carboxylic acids is 2. The zero-order valence-electron chi connectivity index (χ0n) is 13.1. The number of hydrogen-bond acceptors (Lipinski definition) is 4. The summed E-state index contributed by atoms with van der Waals surface area (Å²) in [6, 6.07) is 12.1. The monoisotopic (exact) mass is 313 g/mol. The van der Waals surface area contributed by atoms with Gasteiger partial charge in [0.25, 0.3) is 5.91 Å². The Labute approximate surface area is 134 Å². The van der Waals surface area contributed by atoms with Crippen LogP contribution in [0.5, 0.6) is 5.75 Å². The van der Waals surface area contributed by atoms with Gasteiger partial charge in [0.1, 0.15) is 11.3 Å². The lowest BCUT2D eigenvalue weighted by atomic mass is 10.1. The van der Waals surface area contributed by atoms with Crippen molar-refractivity contribution in [3.05, 3.63) is 59.2 Å². The second-order valence-electron chi connectivity index (χ2n) is 5.20. The predicted octanol–water partition coefficient (Wildman–Crippen LogP) is 3.06. The van der Waals surface area contributed by atoms with Crippen LogP contribution in [0.2, 0.25) is 0 Å². The molecule has 2 aromatic carbocycles. The molecule has 0 aromatic heterocycles. The second kappa shape index (κ2) is 7.45. The van der Waals surface area contributed by atoms with E-state index in [-0.39, 0.29) is 11.3 Å². The molecule has 0 bridgehead atoms. The molecule has 120 valence electrons. The summed E-state index contributed by atoms with van der Waals surface area (Å²) in [5, 5.41) is 12.3. The molecule has 0 saturated heterocycles. The van der Waals surface area contributed by atoms with E-state index in [1.165, 1.54) is 12.1 Å². The van der Waals surface area contributed by atoms with Crippen LogP contribution in [-0.2, 0) is 16.0 Å². The van der Waals surface area contributed by atoms with Crippen LogP contribution in [0.1, 0.15) is 28.4 Å². The summed E-state index contributed by atoms with van der Waals surface area (Å²) >= 11 is 0. The highest BCUT2D eigenvalue weighted by atomic mass is 16.5. The standard InChI is InChI=1S/C18H19NO4/c1-3-13-5-4-6-14(10-13)19-17(21)11-23-18(22)15-9-12(2)7-8-16(15)20/h4-10,20H,3,11H2,1-2H3,(H,19,21). The number of aromatic hydroxyl groups is 1. The van der Waals surface area contributed by atoms with Crippen molar-refractivity contribution in [1.82, 2.24) is 0 Å². The fourth-order valence-corrected chi connectivity index (χ4v) is 2.09. The Morgan fingerprint density at radius 3 is 2.70 bits per heavy atom. The number of anilines is 1. The molecule has 1 amide bonds. The van der Waals surface area contributed by atoms with Crippen LogP contribution in [-0.4, -0.2) is 23.6 Å². The summed E-state index contributed by atoms with van der Waals surface area (Å²) in [6.45, 7) is 3.41. The van der Waals surface area contributed by atoms with E-state index in [1.54, 1.807) is 19.1 Å². The van der Waals surface area contributed by atoms with E-state index < -0.39 is 18.5 Å². The highest BCUT2D eigenvalue weighted by Crippen LogP contribution is 2.19. The smallest absolute Gasteiger partial charge is 0.342 e. The minimum absolute atomic E-state index is 0.0470. The van der Waals surface area contributed by atoms with Crippen molar-refractivity contribution in [3.63, 3.8) is 0 Å². The number of aryl methyl sites for hydroxylation is 2. The molecule has 0 aliphatic rings. The van der Waals surface area contributed by atoms with Gasteiger partial charge in [0.05, 0.1) is 0 Å². The predicted molar refractivity (Wildman–Crippen MR) is 87.6 cm³/mol. The molecule has 0 atom stereocenters. The first-order chi connectivity index (χ1) is 11.0. The lowest BCUT2D eigenvalue weighted by molar-refractivity contribution is -0.119. The van der Waals surface area contributed by atoms with Crippen molar-refractivity contribution >= 4 is 17.6 Å². The van der Waals surface area contributed by atoms with E-state index in [9.17, 15) is 14.7 Å². The topological polar surface area (TPSA) is 75.6 Å². The van der Waals surface area contributed by atoms with Gasteiger partial charge in [-0.1, -0.05) is 30.7 Å². The van der Waals surface area contributed by atoms with Crippen LogP contribution in [0.25, 0.3) is 0 Å². The third kappa shape index (κ3) is 4.57. The normalized spacial score (nSPS) is 10.2. The Hall–Kier alpha value is -2.82. The number of esters is 1. The Morgan fingerprint density at radius 2 is 1.96 bits per heavy atom. The molecule has 0 heterocycles. The molecular weight excluding hydrogens is 294 g/mol. The zero-order chi connectivity index (χ0) is 16.8. The molecule has 0 radical (unpaired) electrons. The average molecular weight is 313 g/mol. The molecular formula is C18H19NO4. The van der Waals surface area contributed by atoms with Crippen molar-refractivity contribution in [1.29, 1.82) is 0 Å². The highest BCUT2D eigenvalue weighted by molar-refractivity contribution is 5.96. The van der Waals surface area contributed by atoms with Gasteiger partial charge in [-0.05, 0) is 43.2 Å². The Balaban J connectivity index is 1.93. The summed E-state index contributed by atoms with van der Waals surface area (Å²) in [6.07, 6.45) is 0.866. The maximum Gasteiger partial charge on any atom is 0.342 e. The Bertz CT molecular complexity index is 725. The third-order valence-electron chi connectivity index (χ3n) is 3.33. The van der Waals surface area contributed by atoms with Crippen molar-refractivity contribution < 1.29 is 19.4 Å². The number of phenols is 1. The van der Waals surface area contributed by atoms with Crippen molar-refractivity contribution in [2.24, 2.45) is 0 Å². The quantitative estimate of drug-likeness (QED) is 0.832. The summed E-state index contributed by atoms with van der Waals surface area (Å²) in [5.41, 5.74) is 2.62. The Morgan fingerprint density at radius 1 is 1.17 bits per heavy atom. The molecule has 23 heavy (non-hydrogen) atoms. The lowest BCUT2D eigenvalue weighted by Gasteiger charge is -2.09. The van der Waals surface area contributed by atoms with Gasteiger partial charge in [0, 0.05) is 5.69 Å². The summed E-state index contributed by atoms with van der Waals surface area (Å²) in [7, 11) is 0. The number of benzene rings is 2. The van der Waals surface area contributed by atoms with Crippen LogP contribution in [0.15, 0.2) is 42.5 Å². The molecule has 0 saturated carbocycles. The van der Waals surface area contributed by atoms with E-state index in [0.29, 0.717) is 5.69 Å². The Kier molecular flexibility index (Phi) is 5.36. The van der Waals surface area contributed by atoms with Gasteiger partial charge in [0.15, 0.2) is 6.61 Å². The van der Waals surface area contributed by atoms with Gasteiger partial charge in [-0.25, -0.2) is 4.79 Å². The maximum atomic E-state index is 11.9. The van der Waals surface area contributed by atoms with Crippen molar-refractivity contribution in [2.45, 2.75) is 20.3 Å². The van der Waals surface area contributed by atoms with Gasteiger partial charge in [-0.15, -0.1) is 0 Å². The van der Waals surface area contributed by atoms with E-state index >= 15 is 0 Å². The number of nitrogens with one attached hydrogen (secondary N) is 1. The minimum atomic E-state index is -0.733. The molecule has 0 fully saturated rings. The SMILES string of the molecule is CCc1cccc(NC(=O)COC(=O)c2cc(C)ccc2O)c1. The molecule has 5 nitrogen and oxygen atoms in total. The fraction of sp³-hybridized carbons (Fsp3) is 0.222. The van der Waals surface area contributed by atoms with Gasteiger partial charge in [-0.3, -0.25) is 4.79 Å². The van der Waals surface area contributed by atoms with E-state index in [4.69, 9.17) is 4.74 Å². The molecule has 0 unspecified atom stereocenters. The number of hydrogen-bond donors (Lipinski definition) is 2. The highest BCUT2D eigenvalue weighted by Gasteiger charge is 2.14. The van der Waals surface area contributed by atoms with Crippen LogP contribution < -0.4 is 5.32 Å². The molecule has 0 aliphatic heterocycles. The number of rotatable bonds is 5. The molecule has 0 spiro atoms. The minimum Gasteiger partial charge on any atom is -0.507 e. The molecule has 2 N–H and O–H groups in total. The fourth-order valence-electron chi connectivity index (χ4n) is 2.09. The second-order valence-corrected chi connectivity index (χ2v) is 5.20. The number of phenolic OH excluding ortho intramolecular Hbond substituents is 1. The third-order valence-corrected chi connectivity index (χ3v) is 3.33. The van der Waals surface area contributed by atoms with Crippen LogP contribution in [0.3, 0.4) is 0 Å². The first kappa shape index (κ1) is 16.5.